The summed E-state index contributed by atoms with van der Waals surface area (Å²) >= 11 is 3.52. The highest BCUT2D eigenvalue weighted by Crippen LogP contribution is 2.31. The lowest BCUT2D eigenvalue weighted by Gasteiger charge is -2.13. The fourth-order valence-corrected chi connectivity index (χ4v) is 3.98. The lowest BCUT2D eigenvalue weighted by molar-refractivity contribution is -0.114. The molecule has 0 fully saturated rings. The smallest absolute Gasteiger partial charge is 0.280 e. The Kier molecular flexibility index (Phi) is 7.01. The van der Waals surface area contributed by atoms with Gasteiger partial charge in [0, 0.05) is 15.6 Å². The van der Waals surface area contributed by atoms with Crippen LogP contribution in [0, 0.1) is 11.3 Å². The second kappa shape index (κ2) is 10.3. The van der Waals surface area contributed by atoms with Crippen molar-refractivity contribution >= 4 is 39.3 Å². The van der Waals surface area contributed by atoms with E-state index in [1.54, 1.807) is 6.07 Å². The highest BCUT2D eigenvalue weighted by molar-refractivity contribution is 9.10. The summed E-state index contributed by atoms with van der Waals surface area (Å²) in [5, 5.41) is 15.4. The number of rotatable bonds is 7. The third-order valence-electron chi connectivity index (χ3n) is 5.23. The van der Waals surface area contributed by atoms with Crippen LogP contribution in [0.4, 0.5) is 5.69 Å². The Bertz CT molecular complexity index is 1280. The lowest BCUT2D eigenvalue weighted by Crippen LogP contribution is -2.21. The Hall–Kier alpha value is -3.69. The summed E-state index contributed by atoms with van der Waals surface area (Å²) in [7, 11) is 0. The van der Waals surface area contributed by atoms with Gasteiger partial charge >= 0.3 is 0 Å². The minimum absolute atomic E-state index is 0.162. The first-order chi connectivity index (χ1) is 16.1. The second-order valence-corrected chi connectivity index (χ2v) is 8.46. The SMILES string of the molecule is CCCC1=NN(c2ccccc2)C(=O)C1=Cc1cc(Br)ccc1OCc1ccccc1C#N. The third-order valence-corrected chi connectivity index (χ3v) is 5.73. The van der Waals surface area contributed by atoms with E-state index in [1.165, 1.54) is 5.01 Å². The number of hydrogen-bond acceptors (Lipinski definition) is 4. The molecule has 0 saturated carbocycles. The average Bonchev–Trinajstić information content (AvgIpc) is 3.14. The summed E-state index contributed by atoms with van der Waals surface area (Å²) in [5.41, 5.74) is 4.20. The lowest BCUT2D eigenvalue weighted by atomic mass is 10.0. The second-order valence-electron chi connectivity index (χ2n) is 7.55. The van der Waals surface area contributed by atoms with E-state index in [-0.39, 0.29) is 12.5 Å². The molecular weight excluding hydrogens is 478 g/mol. The van der Waals surface area contributed by atoms with Crippen molar-refractivity contribution in [3.63, 3.8) is 0 Å². The van der Waals surface area contributed by atoms with Crippen LogP contribution in [0.1, 0.15) is 36.5 Å². The maximum Gasteiger partial charge on any atom is 0.280 e. The topological polar surface area (TPSA) is 65.7 Å². The maximum atomic E-state index is 13.3. The van der Waals surface area contributed by atoms with Crippen LogP contribution in [-0.4, -0.2) is 11.6 Å². The van der Waals surface area contributed by atoms with Gasteiger partial charge in [-0.15, -0.1) is 0 Å². The van der Waals surface area contributed by atoms with Gasteiger partial charge in [-0.05, 0) is 48.9 Å². The minimum Gasteiger partial charge on any atom is -0.488 e. The van der Waals surface area contributed by atoms with E-state index in [9.17, 15) is 10.1 Å². The van der Waals surface area contributed by atoms with E-state index >= 15 is 0 Å². The molecule has 0 N–H and O–H groups in total. The van der Waals surface area contributed by atoms with Gasteiger partial charge in [-0.25, -0.2) is 0 Å². The zero-order valence-electron chi connectivity index (χ0n) is 18.2. The molecule has 0 atom stereocenters. The molecule has 4 rings (SSSR count). The van der Waals surface area contributed by atoms with Crippen molar-refractivity contribution in [1.29, 1.82) is 5.26 Å². The molecule has 0 spiro atoms. The van der Waals surface area contributed by atoms with Crippen LogP contribution < -0.4 is 9.75 Å². The largest absolute Gasteiger partial charge is 0.488 e. The number of hydrogen-bond donors (Lipinski definition) is 0. The molecular formula is C27H22BrN3O2. The first-order valence-corrected chi connectivity index (χ1v) is 11.5. The number of nitriles is 1. The van der Waals surface area contributed by atoms with E-state index in [2.05, 4.69) is 34.0 Å². The average molecular weight is 500 g/mol. The van der Waals surface area contributed by atoms with Crippen LogP contribution in [0.5, 0.6) is 5.75 Å². The molecule has 1 amide bonds. The molecule has 0 saturated heterocycles. The van der Waals surface area contributed by atoms with Crippen molar-refractivity contribution in [2.75, 3.05) is 5.01 Å². The fraction of sp³-hybridized carbons (Fsp3) is 0.148. The van der Waals surface area contributed by atoms with E-state index in [4.69, 9.17) is 4.74 Å². The van der Waals surface area contributed by atoms with Gasteiger partial charge in [0.1, 0.15) is 12.4 Å². The molecule has 0 bridgehead atoms. The van der Waals surface area contributed by atoms with E-state index in [1.807, 2.05) is 72.8 Å². The fourth-order valence-electron chi connectivity index (χ4n) is 3.60. The van der Waals surface area contributed by atoms with Crippen LogP contribution >= 0.6 is 15.9 Å². The molecule has 1 aliphatic rings. The van der Waals surface area contributed by atoms with Gasteiger partial charge in [0.15, 0.2) is 0 Å². The highest BCUT2D eigenvalue weighted by atomic mass is 79.9. The summed E-state index contributed by atoms with van der Waals surface area (Å²) < 4.78 is 6.97. The van der Waals surface area contributed by atoms with Crippen molar-refractivity contribution in [3.8, 4) is 11.8 Å². The van der Waals surface area contributed by atoms with Crippen LogP contribution in [0.2, 0.25) is 0 Å². The van der Waals surface area contributed by atoms with Crippen molar-refractivity contribution in [1.82, 2.24) is 0 Å². The number of benzene rings is 3. The van der Waals surface area contributed by atoms with E-state index in [0.717, 1.165) is 33.4 Å². The summed E-state index contributed by atoms with van der Waals surface area (Å²) in [4.78, 5) is 13.3. The van der Waals surface area contributed by atoms with Crippen molar-refractivity contribution in [2.45, 2.75) is 26.4 Å². The maximum absolute atomic E-state index is 13.3. The first kappa shape index (κ1) is 22.5. The minimum atomic E-state index is -0.162. The molecule has 6 heteroatoms. The molecule has 0 unspecified atom stereocenters. The Morgan fingerprint density at radius 2 is 1.85 bits per heavy atom. The predicted molar refractivity (Wildman–Crippen MR) is 134 cm³/mol. The number of hydrazone groups is 1. The molecule has 3 aromatic rings. The molecule has 33 heavy (non-hydrogen) atoms. The van der Waals surface area contributed by atoms with Crippen LogP contribution in [0.25, 0.3) is 6.08 Å². The van der Waals surface area contributed by atoms with Crippen molar-refractivity contribution in [2.24, 2.45) is 5.10 Å². The van der Waals surface area contributed by atoms with Crippen molar-refractivity contribution < 1.29 is 9.53 Å². The summed E-state index contributed by atoms with van der Waals surface area (Å²) in [6.07, 6.45) is 3.41. The third kappa shape index (κ3) is 5.05. The molecule has 1 heterocycles. The molecule has 0 aromatic heterocycles. The number of carbonyl (C=O) groups is 1. The molecule has 164 valence electrons. The standard InChI is InChI=1S/C27H22BrN3O2/c1-2-8-25-24(27(32)31(30-25)23-11-4-3-5-12-23)16-21-15-22(28)13-14-26(21)33-18-20-10-7-6-9-19(20)17-29/h3-7,9-16H,2,8,18H2,1H3. The monoisotopic (exact) mass is 499 g/mol. The number of ether oxygens (including phenoxy) is 1. The summed E-state index contributed by atoms with van der Waals surface area (Å²) in [6.45, 7) is 2.32. The molecule has 5 nitrogen and oxygen atoms in total. The quantitative estimate of drug-likeness (QED) is 0.349. The predicted octanol–water partition coefficient (Wildman–Crippen LogP) is 6.49. The Morgan fingerprint density at radius 3 is 2.61 bits per heavy atom. The number of para-hydroxylation sites is 1. The Morgan fingerprint density at radius 1 is 1.09 bits per heavy atom. The van der Waals surface area contributed by atoms with Gasteiger partial charge in [0.05, 0.1) is 28.6 Å². The van der Waals surface area contributed by atoms with E-state index < -0.39 is 0 Å². The number of halogens is 1. The number of amides is 1. The van der Waals surface area contributed by atoms with Gasteiger partial charge in [-0.2, -0.15) is 15.4 Å². The van der Waals surface area contributed by atoms with Gasteiger partial charge < -0.3 is 4.74 Å². The Balaban J connectivity index is 1.67. The zero-order valence-corrected chi connectivity index (χ0v) is 19.7. The molecule has 0 radical (unpaired) electrons. The van der Waals surface area contributed by atoms with Gasteiger partial charge in [0.2, 0.25) is 0 Å². The number of anilines is 1. The zero-order chi connectivity index (χ0) is 23.2. The number of nitrogens with zero attached hydrogens (tertiary/aromatic N) is 3. The molecule has 0 aliphatic carbocycles. The molecule has 3 aromatic carbocycles. The summed E-state index contributed by atoms with van der Waals surface area (Å²) in [6, 6.07) is 24.6. The van der Waals surface area contributed by atoms with E-state index in [0.29, 0.717) is 23.3 Å². The van der Waals surface area contributed by atoms with Crippen molar-refractivity contribution in [3.05, 3.63) is 99.5 Å². The van der Waals surface area contributed by atoms with Gasteiger partial charge in [-0.1, -0.05) is 65.7 Å². The molecule has 1 aliphatic heterocycles. The van der Waals surface area contributed by atoms with Crippen LogP contribution in [0.15, 0.2) is 87.9 Å². The van der Waals surface area contributed by atoms with Gasteiger partial charge in [-0.3, -0.25) is 4.79 Å². The number of carbonyl (C=O) groups excluding carboxylic acids is 1. The van der Waals surface area contributed by atoms with Crippen LogP contribution in [0.3, 0.4) is 0 Å². The van der Waals surface area contributed by atoms with Gasteiger partial charge in [0.25, 0.3) is 5.91 Å². The normalized spacial score (nSPS) is 14.3. The van der Waals surface area contributed by atoms with Crippen LogP contribution in [-0.2, 0) is 11.4 Å². The summed E-state index contributed by atoms with van der Waals surface area (Å²) in [5.74, 6) is 0.464. The highest BCUT2D eigenvalue weighted by Gasteiger charge is 2.30. The Labute approximate surface area is 201 Å². The first-order valence-electron chi connectivity index (χ1n) is 10.7.